The highest BCUT2D eigenvalue weighted by Gasteiger charge is 2.15. The lowest BCUT2D eigenvalue weighted by molar-refractivity contribution is 0.0600. The van der Waals surface area contributed by atoms with Gasteiger partial charge in [0.1, 0.15) is 5.69 Å². The Balaban J connectivity index is 1.85. The van der Waals surface area contributed by atoms with E-state index in [-0.39, 0.29) is 5.91 Å². The highest BCUT2D eigenvalue weighted by molar-refractivity contribution is 6.31. The monoisotopic (exact) mass is 342 g/mol. The summed E-state index contributed by atoms with van der Waals surface area (Å²) in [5.74, 6) is -0.679. The van der Waals surface area contributed by atoms with Gasteiger partial charge in [-0.1, -0.05) is 11.6 Å². The second-order valence-corrected chi connectivity index (χ2v) is 5.77. The second kappa shape index (κ2) is 6.37. The molecule has 0 radical (unpaired) electrons. The fraction of sp³-hybridized carbons (Fsp3) is 0.111. The van der Waals surface area contributed by atoms with Gasteiger partial charge in [0.25, 0.3) is 5.91 Å². The summed E-state index contributed by atoms with van der Waals surface area (Å²) >= 11 is 6.01. The van der Waals surface area contributed by atoms with Gasteiger partial charge in [0, 0.05) is 21.6 Å². The number of carbonyl (C=O) groups excluding carboxylic acids is 2. The van der Waals surface area contributed by atoms with Crippen molar-refractivity contribution < 1.29 is 14.3 Å². The normalized spacial score (nSPS) is 10.6. The lowest BCUT2D eigenvalue weighted by Gasteiger charge is -2.06. The highest BCUT2D eigenvalue weighted by Crippen LogP contribution is 2.25. The molecule has 0 fully saturated rings. The molecule has 5 nitrogen and oxygen atoms in total. The number of carbonyl (C=O) groups is 2. The quantitative estimate of drug-likeness (QED) is 0.702. The molecule has 0 saturated heterocycles. The number of anilines is 1. The van der Waals surface area contributed by atoms with E-state index in [9.17, 15) is 9.59 Å². The predicted octanol–water partition coefficient (Wildman–Crippen LogP) is 4.17. The van der Waals surface area contributed by atoms with Gasteiger partial charge in [-0.25, -0.2) is 4.79 Å². The molecule has 2 aromatic carbocycles. The number of aryl methyl sites for hydroxylation is 1. The van der Waals surface area contributed by atoms with Gasteiger partial charge in [-0.3, -0.25) is 4.79 Å². The molecule has 122 valence electrons. The van der Waals surface area contributed by atoms with Crippen molar-refractivity contribution >= 4 is 40.1 Å². The van der Waals surface area contributed by atoms with Crippen molar-refractivity contribution in [3.05, 3.63) is 64.3 Å². The average Bonchev–Trinajstić information content (AvgIpc) is 2.91. The number of methoxy groups -OCH3 is 1. The molecule has 1 amide bonds. The smallest absolute Gasteiger partial charge is 0.337 e. The molecule has 0 bridgehead atoms. The Kier molecular flexibility index (Phi) is 4.27. The number of esters is 1. The van der Waals surface area contributed by atoms with E-state index in [0.29, 0.717) is 22.0 Å². The van der Waals surface area contributed by atoms with Crippen molar-refractivity contribution in [3.63, 3.8) is 0 Å². The average molecular weight is 343 g/mol. The number of benzene rings is 2. The second-order valence-electron chi connectivity index (χ2n) is 5.34. The number of H-pyrrole nitrogens is 1. The van der Waals surface area contributed by atoms with Gasteiger partial charge in [-0.2, -0.15) is 0 Å². The number of aromatic amines is 1. The van der Waals surface area contributed by atoms with Gasteiger partial charge < -0.3 is 15.0 Å². The molecule has 0 aliphatic heterocycles. The van der Waals surface area contributed by atoms with E-state index in [2.05, 4.69) is 15.0 Å². The van der Waals surface area contributed by atoms with Gasteiger partial charge in [0.15, 0.2) is 0 Å². The van der Waals surface area contributed by atoms with Gasteiger partial charge in [0.2, 0.25) is 0 Å². The Labute approximate surface area is 143 Å². The van der Waals surface area contributed by atoms with Crippen LogP contribution in [0.1, 0.15) is 26.4 Å². The number of amides is 1. The number of nitrogens with one attached hydrogen (secondary N) is 2. The van der Waals surface area contributed by atoms with Crippen molar-refractivity contribution in [3.8, 4) is 0 Å². The first kappa shape index (κ1) is 16.1. The fourth-order valence-corrected chi connectivity index (χ4v) is 2.70. The van der Waals surface area contributed by atoms with Crippen molar-refractivity contribution in [1.29, 1.82) is 0 Å². The summed E-state index contributed by atoms with van der Waals surface area (Å²) in [6.45, 7) is 1.87. The number of hydrogen-bond donors (Lipinski definition) is 2. The molecule has 3 rings (SSSR count). The summed E-state index contributed by atoms with van der Waals surface area (Å²) in [6.07, 6.45) is 0. The van der Waals surface area contributed by atoms with Crippen molar-refractivity contribution in [2.45, 2.75) is 6.92 Å². The summed E-state index contributed by atoms with van der Waals surface area (Å²) < 4.78 is 4.64. The lowest BCUT2D eigenvalue weighted by atomic mass is 10.1. The van der Waals surface area contributed by atoms with Crippen LogP contribution >= 0.6 is 11.6 Å². The van der Waals surface area contributed by atoms with E-state index in [0.717, 1.165) is 16.5 Å². The number of ether oxygens (including phenoxy) is 1. The first-order valence-corrected chi connectivity index (χ1v) is 7.65. The minimum Gasteiger partial charge on any atom is -0.465 e. The molecular formula is C18H15ClN2O3. The van der Waals surface area contributed by atoms with E-state index in [1.807, 2.05) is 19.1 Å². The molecule has 0 atom stereocenters. The summed E-state index contributed by atoms with van der Waals surface area (Å²) in [5.41, 5.74) is 3.17. The van der Waals surface area contributed by atoms with Crippen LogP contribution in [0.3, 0.4) is 0 Å². The zero-order valence-electron chi connectivity index (χ0n) is 13.1. The third-order valence-electron chi connectivity index (χ3n) is 3.81. The zero-order valence-corrected chi connectivity index (χ0v) is 13.9. The van der Waals surface area contributed by atoms with Crippen LogP contribution < -0.4 is 5.32 Å². The van der Waals surface area contributed by atoms with E-state index in [1.54, 1.807) is 30.3 Å². The molecule has 0 spiro atoms. The van der Waals surface area contributed by atoms with Crippen molar-refractivity contribution in [2.75, 3.05) is 12.4 Å². The maximum absolute atomic E-state index is 12.5. The van der Waals surface area contributed by atoms with Gasteiger partial charge in [-0.15, -0.1) is 0 Å². The van der Waals surface area contributed by atoms with Crippen LogP contribution in [0.15, 0.2) is 42.5 Å². The highest BCUT2D eigenvalue weighted by atomic mass is 35.5. The summed E-state index contributed by atoms with van der Waals surface area (Å²) in [4.78, 5) is 27.0. The Morgan fingerprint density at radius 3 is 2.50 bits per heavy atom. The van der Waals surface area contributed by atoms with Crippen LogP contribution in [0.5, 0.6) is 0 Å². The first-order chi connectivity index (χ1) is 11.5. The molecule has 0 saturated carbocycles. The number of hydrogen-bond acceptors (Lipinski definition) is 3. The molecule has 0 unspecified atom stereocenters. The van der Waals surface area contributed by atoms with Crippen molar-refractivity contribution in [2.24, 2.45) is 0 Å². The first-order valence-electron chi connectivity index (χ1n) is 7.27. The molecule has 3 aromatic rings. The van der Waals surface area contributed by atoms with Crippen molar-refractivity contribution in [1.82, 2.24) is 4.98 Å². The molecule has 1 aromatic heterocycles. The minimum absolute atomic E-state index is 0.259. The topological polar surface area (TPSA) is 71.2 Å². The molecule has 6 heteroatoms. The third-order valence-corrected chi connectivity index (χ3v) is 4.05. The van der Waals surface area contributed by atoms with Gasteiger partial charge >= 0.3 is 5.97 Å². The number of fused-ring (bicyclic) bond motifs is 1. The largest absolute Gasteiger partial charge is 0.465 e. The Bertz CT molecular complexity index is 929. The van der Waals surface area contributed by atoms with Gasteiger partial charge in [0.05, 0.1) is 12.7 Å². The Hall–Kier alpha value is -2.79. The van der Waals surface area contributed by atoms with Crippen LogP contribution in [0.25, 0.3) is 10.9 Å². The summed E-state index contributed by atoms with van der Waals surface area (Å²) in [5, 5.41) is 4.33. The lowest BCUT2D eigenvalue weighted by Crippen LogP contribution is -2.13. The maximum atomic E-state index is 12.5. The van der Waals surface area contributed by atoms with E-state index >= 15 is 0 Å². The van der Waals surface area contributed by atoms with Crippen LogP contribution in [0, 0.1) is 6.92 Å². The number of halogens is 1. The molecule has 24 heavy (non-hydrogen) atoms. The van der Waals surface area contributed by atoms with Crippen LogP contribution in [-0.2, 0) is 4.74 Å². The third kappa shape index (κ3) is 2.98. The minimum atomic E-state index is -0.420. The Morgan fingerprint density at radius 1 is 1.12 bits per heavy atom. The maximum Gasteiger partial charge on any atom is 0.337 e. The molecule has 0 aliphatic rings. The predicted molar refractivity (Wildman–Crippen MR) is 93.8 cm³/mol. The van der Waals surface area contributed by atoms with Gasteiger partial charge in [-0.05, 0) is 55.0 Å². The number of rotatable bonds is 3. The standard InChI is InChI=1S/C18H15ClN2O3/c1-10-14-9-12(19)5-8-15(14)21-16(10)17(22)20-13-6-3-11(4-7-13)18(23)24-2/h3-9,21H,1-2H3,(H,20,22). The molecule has 1 heterocycles. The molecule has 0 aliphatic carbocycles. The van der Waals surface area contributed by atoms with Crippen LogP contribution in [0.4, 0.5) is 5.69 Å². The zero-order chi connectivity index (χ0) is 17.3. The summed E-state index contributed by atoms with van der Waals surface area (Å²) in [6, 6.07) is 11.9. The fourth-order valence-electron chi connectivity index (χ4n) is 2.53. The van der Waals surface area contributed by atoms with E-state index in [1.165, 1.54) is 7.11 Å². The SMILES string of the molecule is COC(=O)c1ccc(NC(=O)c2[nH]c3ccc(Cl)cc3c2C)cc1. The van der Waals surface area contributed by atoms with Crippen LogP contribution in [-0.4, -0.2) is 24.0 Å². The van der Waals surface area contributed by atoms with E-state index < -0.39 is 5.97 Å². The van der Waals surface area contributed by atoms with Crippen LogP contribution in [0.2, 0.25) is 5.02 Å². The molecule has 2 N–H and O–H groups in total. The number of aromatic nitrogens is 1. The summed E-state index contributed by atoms with van der Waals surface area (Å²) in [7, 11) is 1.32. The van der Waals surface area contributed by atoms with E-state index in [4.69, 9.17) is 11.6 Å². The molecular weight excluding hydrogens is 328 g/mol. The Morgan fingerprint density at radius 2 is 1.83 bits per heavy atom.